The third kappa shape index (κ3) is 2.80. The fraction of sp³-hybridized carbons (Fsp3) is 0.636. The molecule has 1 fully saturated rings. The number of nitrogens with zero attached hydrogens (tertiary/aromatic N) is 1. The van der Waals surface area contributed by atoms with Crippen LogP contribution in [-0.4, -0.2) is 38.9 Å². The Kier molecular flexibility index (Phi) is 4.48. The standard InChI is InChI=1S/C11H17BrN2O2S2/c1-8-6-10(17-11(8)12)18(15,16)14(2)9-4-3-5-13-7-9/h6,9,13H,3-5,7H2,1-2H3. The average Bonchev–Trinajstić information content (AvgIpc) is 2.70. The van der Waals surface area contributed by atoms with Gasteiger partial charge >= 0.3 is 0 Å². The van der Waals surface area contributed by atoms with E-state index in [0.29, 0.717) is 4.21 Å². The lowest BCUT2D eigenvalue weighted by Gasteiger charge is -2.30. The van der Waals surface area contributed by atoms with Gasteiger partial charge in [-0.2, -0.15) is 4.31 Å². The van der Waals surface area contributed by atoms with Crippen LogP contribution in [0.25, 0.3) is 0 Å². The zero-order valence-corrected chi connectivity index (χ0v) is 13.7. The van der Waals surface area contributed by atoms with Crippen LogP contribution in [0.4, 0.5) is 0 Å². The Hall–Kier alpha value is 0.0500. The summed E-state index contributed by atoms with van der Waals surface area (Å²) in [5.41, 5.74) is 0.966. The molecule has 2 heterocycles. The van der Waals surface area contributed by atoms with Gasteiger partial charge in [-0.3, -0.25) is 0 Å². The molecule has 0 radical (unpaired) electrons. The number of hydrogen-bond acceptors (Lipinski definition) is 4. The van der Waals surface area contributed by atoms with Gasteiger partial charge in [0.25, 0.3) is 10.0 Å². The lowest BCUT2D eigenvalue weighted by molar-refractivity contribution is 0.300. The monoisotopic (exact) mass is 352 g/mol. The molecule has 18 heavy (non-hydrogen) atoms. The van der Waals surface area contributed by atoms with E-state index in [9.17, 15) is 8.42 Å². The second-order valence-corrected chi connectivity index (χ2v) is 9.14. The van der Waals surface area contributed by atoms with Crippen LogP contribution in [0.3, 0.4) is 0 Å². The van der Waals surface area contributed by atoms with Crippen molar-refractivity contribution in [2.75, 3.05) is 20.1 Å². The predicted molar refractivity (Wildman–Crippen MR) is 77.6 cm³/mol. The van der Waals surface area contributed by atoms with Crippen molar-refractivity contribution in [2.24, 2.45) is 0 Å². The fourth-order valence-corrected chi connectivity index (χ4v) is 5.84. The van der Waals surface area contributed by atoms with E-state index in [0.717, 1.165) is 35.3 Å². The molecule has 102 valence electrons. The number of sulfonamides is 1. The fourth-order valence-electron chi connectivity index (χ4n) is 2.04. The summed E-state index contributed by atoms with van der Waals surface area (Å²) < 4.78 is 27.8. The van der Waals surface area contributed by atoms with E-state index in [4.69, 9.17) is 0 Å². The molecule has 1 aliphatic rings. The molecule has 0 spiro atoms. The van der Waals surface area contributed by atoms with Crippen molar-refractivity contribution in [2.45, 2.75) is 30.0 Å². The van der Waals surface area contributed by atoms with Gasteiger partial charge in [0.15, 0.2) is 0 Å². The number of thiophene rings is 1. The van der Waals surface area contributed by atoms with E-state index >= 15 is 0 Å². The highest BCUT2D eigenvalue weighted by Crippen LogP contribution is 2.32. The topological polar surface area (TPSA) is 49.4 Å². The molecule has 1 unspecified atom stereocenters. The summed E-state index contributed by atoms with van der Waals surface area (Å²) in [5, 5.41) is 3.24. The molecule has 7 heteroatoms. The number of halogens is 1. The van der Waals surface area contributed by atoms with Gasteiger partial charge < -0.3 is 5.32 Å². The van der Waals surface area contributed by atoms with Crippen LogP contribution in [0, 0.1) is 6.92 Å². The van der Waals surface area contributed by atoms with E-state index < -0.39 is 10.0 Å². The molecule has 1 aliphatic heterocycles. The second kappa shape index (κ2) is 5.58. The van der Waals surface area contributed by atoms with Gasteiger partial charge in [0.05, 0.1) is 3.79 Å². The Morgan fingerprint density at radius 3 is 2.78 bits per heavy atom. The summed E-state index contributed by atoms with van der Waals surface area (Å²) in [6.45, 7) is 3.62. The Bertz CT molecular complexity index is 502. The molecule has 0 saturated carbocycles. The average molecular weight is 353 g/mol. The maximum absolute atomic E-state index is 12.5. The molecule has 1 N–H and O–H groups in total. The number of hydrogen-bond donors (Lipinski definition) is 1. The van der Waals surface area contributed by atoms with Gasteiger partial charge in [-0.1, -0.05) is 0 Å². The van der Waals surface area contributed by atoms with Crippen molar-refractivity contribution < 1.29 is 8.42 Å². The number of rotatable bonds is 3. The van der Waals surface area contributed by atoms with Crippen molar-refractivity contribution >= 4 is 37.3 Å². The van der Waals surface area contributed by atoms with E-state index in [-0.39, 0.29) is 6.04 Å². The molecule has 1 atom stereocenters. The van der Waals surface area contributed by atoms with Crippen molar-refractivity contribution in [3.63, 3.8) is 0 Å². The van der Waals surface area contributed by atoms with E-state index in [1.165, 1.54) is 15.6 Å². The van der Waals surface area contributed by atoms with E-state index in [2.05, 4.69) is 21.2 Å². The Balaban J connectivity index is 2.24. The summed E-state index contributed by atoms with van der Waals surface area (Å²) in [6.07, 6.45) is 1.95. The molecule has 0 amide bonds. The van der Waals surface area contributed by atoms with Gasteiger partial charge in [0.2, 0.25) is 0 Å². The maximum Gasteiger partial charge on any atom is 0.252 e. The normalized spacial score (nSPS) is 21.4. The molecule has 4 nitrogen and oxygen atoms in total. The van der Waals surface area contributed by atoms with E-state index in [1.54, 1.807) is 13.1 Å². The van der Waals surface area contributed by atoms with Crippen LogP contribution >= 0.6 is 27.3 Å². The van der Waals surface area contributed by atoms with Crippen molar-refractivity contribution in [1.82, 2.24) is 9.62 Å². The Morgan fingerprint density at radius 2 is 2.28 bits per heavy atom. The first-order valence-electron chi connectivity index (χ1n) is 5.87. The van der Waals surface area contributed by atoms with Gasteiger partial charge in [0.1, 0.15) is 4.21 Å². The maximum atomic E-state index is 12.5. The third-order valence-electron chi connectivity index (χ3n) is 3.25. The molecule has 2 rings (SSSR count). The van der Waals surface area contributed by atoms with Crippen LogP contribution in [0.5, 0.6) is 0 Å². The molecule has 1 aromatic rings. The number of nitrogens with one attached hydrogen (secondary N) is 1. The van der Waals surface area contributed by atoms with Crippen LogP contribution < -0.4 is 5.32 Å². The third-order valence-corrected chi connectivity index (χ3v) is 7.75. The summed E-state index contributed by atoms with van der Waals surface area (Å²) >= 11 is 4.66. The first kappa shape index (κ1) is 14.5. The zero-order valence-electron chi connectivity index (χ0n) is 10.4. The van der Waals surface area contributed by atoms with Gasteiger partial charge in [-0.15, -0.1) is 11.3 Å². The van der Waals surface area contributed by atoms with Crippen molar-refractivity contribution in [3.05, 3.63) is 15.4 Å². The van der Waals surface area contributed by atoms with Gasteiger partial charge in [0, 0.05) is 19.6 Å². The number of piperidine rings is 1. The highest BCUT2D eigenvalue weighted by Gasteiger charge is 2.30. The first-order chi connectivity index (χ1) is 8.43. The Morgan fingerprint density at radius 1 is 1.56 bits per heavy atom. The SMILES string of the molecule is Cc1cc(S(=O)(=O)N(C)C2CCCNC2)sc1Br. The van der Waals surface area contributed by atoms with Gasteiger partial charge in [-0.25, -0.2) is 8.42 Å². The van der Waals surface area contributed by atoms with Crippen LogP contribution in [0.2, 0.25) is 0 Å². The Labute approximate surface area is 121 Å². The summed E-state index contributed by atoms with van der Waals surface area (Å²) in [4.78, 5) is 0. The second-order valence-electron chi connectivity index (χ2n) is 4.54. The molecule has 0 aromatic carbocycles. The largest absolute Gasteiger partial charge is 0.315 e. The van der Waals surface area contributed by atoms with Crippen molar-refractivity contribution in [3.8, 4) is 0 Å². The molecule has 0 aliphatic carbocycles. The highest BCUT2D eigenvalue weighted by atomic mass is 79.9. The van der Waals surface area contributed by atoms with Gasteiger partial charge in [-0.05, 0) is 53.9 Å². The number of likely N-dealkylation sites (N-methyl/N-ethyl adjacent to an activating group) is 1. The molecule has 1 saturated heterocycles. The molecule has 1 aromatic heterocycles. The molecular formula is C11H17BrN2O2S2. The molecular weight excluding hydrogens is 336 g/mol. The smallest absolute Gasteiger partial charge is 0.252 e. The van der Waals surface area contributed by atoms with E-state index in [1.807, 2.05) is 6.92 Å². The quantitative estimate of drug-likeness (QED) is 0.906. The lowest BCUT2D eigenvalue weighted by Crippen LogP contribution is -2.46. The minimum Gasteiger partial charge on any atom is -0.315 e. The van der Waals surface area contributed by atoms with Crippen LogP contribution in [0.15, 0.2) is 14.1 Å². The van der Waals surface area contributed by atoms with Crippen LogP contribution in [0.1, 0.15) is 18.4 Å². The highest BCUT2D eigenvalue weighted by molar-refractivity contribution is 9.11. The minimum absolute atomic E-state index is 0.0601. The summed E-state index contributed by atoms with van der Waals surface area (Å²) in [7, 11) is -1.68. The minimum atomic E-state index is -3.36. The predicted octanol–water partition coefficient (Wildman–Crippen LogP) is 2.19. The lowest BCUT2D eigenvalue weighted by atomic mass is 10.1. The molecule has 0 bridgehead atoms. The van der Waals surface area contributed by atoms with Crippen LogP contribution in [-0.2, 0) is 10.0 Å². The van der Waals surface area contributed by atoms with Crippen molar-refractivity contribution in [1.29, 1.82) is 0 Å². The summed E-state index contributed by atoms with van der Waals surface area (Å²) in [5.74, 6) is 0. The number of aryl methyl sites for hydroxylation is 1. The zero-order chi connectivity index (χ0) is 13.3. The first-order valence-corrected chi connectivity index (χ1v) is 8.92. The summed E-state index contributed by atoms with van der Waals surface area (Å²) in [6, 6.07) is 1.79.